The Kier molecular flexibility index (Phi) is 5.16. The summed E-state index contributed by atoms with van der Waals surface area (Å²) in [5.74, 6) is 0. The number of hydrogen-bond donors (Lipinski definition) is 0. The Bertz CT molecular complexity index is 612. The van der Waals surface area contributed by atoms with Crippen molar-refractivity contribution in [2.24, 2.45) is 0 Å². The summed E-state index contributed by atoms with van der Waals surface area (Å²) in [6.07, 6.45) is 2.38. The zero-order chi connectivity index (χ0) is 15.4. The van der Waals surface area contributed by atoms with Crippen molar-refractivity contribution in [1.29, 1.82) is 0 Å². The highest BCUT2D eigenvalue weighted by molar-refractivity contribution is 8.23. The van der Waals surface area contributed by atoms with Gasteiger partial charge in [0, 0.05) is 6.54 Å². The molecular weight excluding hydrogens is 306 g/mol. The van der Waals surface area contributed by atoms with Gasteiger partial charge in [-0.1, -0.05) is 98.0 Å². The van der Waals surface area contributed by atoms with E-state index in [9.17, 15) is 0 Å². The molecule has 0 saturated carbocycles. The van der Waals surface area contributed by atoms with Gasteiger partial charge in [-0.3, -0.25) is 0 Å². The molecule has 2 aromatic carbocycles. The minimum Gasteiger partial charge on any atom is -0.349 e. The van der Waals surface area contributed by atoms with Crippen molar-refractivity contribution < 1.29 is 0 Å². The van der Waals surface area contributed by atoms with Gasteiger partial charge in [0.25, 0.3) is 0 Å². The highest BCUT2D eigenvalue weighted by Crippen LogP contribution is 2.51. The van der Waals surface area contributed by atoms with Crippen molar-refractivity contribution >= 4 is 28.3 Å². The van der Waals surface area contributed by atoms with Crippen LogP contribution in [0.4, 0.5) is 0 Å². The molecule has 0 amide bonds. The van der Waals surface area contributed by atoms with E-state index < -0.39 is 0 Å². The average Bonchev–Trinajstić information content (AvgIpc) is 2.91. The molecule has 0 bridgehead atoms. The lowest BCUT2D eigenvalue weighted by molar-refractivity contribution is 0.326. The maximum Gasteiger partial charge on any atom is 0.137 e. The highest BCUT2D eigenvalue weighted by Gasteiger charge is 2.39. The Balaban J connectivity index is 1.97. The zero-order valence-corrected chi connectivity index (χ0v) is 14.4. The SMILES string of the molecule is CCCCN1C(=S)S[C@@H](c2ccccc2)[C@H]1c1ccccc1. The van der Waals surface area contributed by atoms with Crippen LogP contribution in [0.25, 0.3) is 0 Å². The normalized spacial score (nSPS) is 21.3. The first-order valence-electron chi connectivity index (χ1n) is 7.88. The summed E-state index contributed by atoms with van der Waals surface area (Å²) < 4.78 is 1.04. The molecule has 114 valence electrons. The first-order chi connectivity index (χ1) is 10.8. The number of benzene rings is 2. The number of thiocarbonyl (C=S) groups is 1. The van der Waals surface area contributed by atoms with Gasteiger partial charge in [0.15, 0.2) is 0 Å². The topological polar surface area (TPSA) is 3.24 Å². The molecule has 2 aromatic rings. The standard InChI is InChI=1S/C19H21NS2/c1-2-3-14-20-17(15-10-6-4-7-11-15)18(22-19(20)21)16-12-8-5-9-13-16/h4-13,17-18H,2-3,14H2,1H3/t17-,18+/m1/s1. The maximum atomic E-state index is 5.70. The summed E-state index contributed by atoms with van der Waals surface area (Å²) in [5.41, 5.74) is 2.72. The van der Waals surface area contributed by atoms with Crippen LogP contribution in [0.1, 0.15) is 42.2 Å². The molecule has 3 rings (SSSR count). The molecule has 22 heavy (non-hydrogen) atoms. The van der Waals surface area contributed by atoms with E-state index in [2.05, 4.69) is 72.5 Å². The number of rotatable bonds is 5. The van der Waals surface area contributed by atoms with Gasteiger partial charge >= 0.3 is 0 Å². The molecular formula is C19H21NS2. The molecule has 1 aliphatic rings. The van der Waals surface area contributed by atoms with Gasteiger partial charge < -0.3 is 4.90 Å². The van der Waals surface area contributed by atoms with E-state index in [1.165, 1.54) is 24.0 Å². The van der Waals surface area contributed by atoms with Gasteiger partial charge in [-0.2, -0.15) is 0 Å². The summed E-state index contributed by atoms with van der Waals surface area (Å²) in [5, 5.41) is 0.382. The fourth-order valence-electron chi connectivity index (χ4n) is 2.97. The van der Waals surface area contributed by atoms with Crippen LogP contribution in [0.2, 0.25) is 0 Å². The third-order valence-electron chi connectivity index (χ3n) is 4.11. The summed E-state index contributed by atoms with van der Waals surface area (Å²) >= 11 is 7.53. The van der Waals surface area contributed by atoms with E-state index in [1.54, 1.807) is 0 Å². The second kappa shape index (κ2) is 7.30. The molecule has 0 N–H and O–H groups in total. The molecule has 1 heterocycles. The molecule has 0 unspecified atom stereocenters. The summed E-state index contributed by atoms with van der Waals surface area (Å²) in [4.78, 5) is 2.43. The molecule has 1 fully saturated rings. The monoisotopic (exact) mass is 327 g/mol. The van der Waals surface area contributed by atoms with Crippen LogP contribution in [0.5, 0.6) is 0 Å². The van der Waals surface area contributed by atoms with Crippen LogP contribution in [-0.4, -0.2) is 15.8 Å². The Morgan fingerprint density at radius 1 is 0.955 bits per heavy atom. The van der Waals surface area contributed by atoms with Crippen LogP contribution in [0.3, 0.4) is 0 Å². The van der Waals surface area contributed by atoms with Gasteiger partial charge in [-0.15, -0.1) is 0 Å². The average molecular weight is 328 g/mol. The van der Waals surface area contributed by atoms with Gasteiger partial charge in [0.05, 0.1) is 11.3 Å². The first-order valence-corrected chi connectivity index (χ1v) is 9.17. The first kappa shape index (κ1) is 15.6. The minimum atomic E-state index is 0.340. The molecule has 3 heteroatoms. The van der Waals surface area contributed by atoms with Crippen LogP contribution >= 0.6 is 24.0 Å². The Hall–Kier alpha value is -1.32. The largest absolute Gasteiger partial charge is 0.349 e. The Morgan fingerprint density at radius 2 is 1.55 bits per heavy atom. The van der Waals surface area contributed by atoms with Crippen molar-refractivity contribution in [2.75, 3.05) is 6.54 Å². The molecule has 1 aliphatic heterocycles. The molecule has 1 nitrogen and oxygen atoms in total. The van der Waals surface area contributed by atoms with E-state index >= 15 is 0 Å². The van der Waals surface area contributed by atoms with Crippen LogP contribution in [-0.2, 0) is 0 Å². The molecule has 0 aromatic heterocycles. The summed E-state index contributed by atoms with van der Waals surface area (Å²) in [7, 11) is 0. The fraction of sp³-hybridized carbons (Fsp3) is 0.316. The van der Waals surface area contributed by atoms with E-state index in [1.807, 2.05) is 11.8 Å². The van der Waals surface area contributed by atoms with Gasteiger partial charge in [-0.05, 0) is 17.5 Å². The molecule has 0 spiro atoms. The van der Waals surface area contributed by atoms with E-state index in [4.69, 9.17) is 12.2 Å². The Labute approximate surface area is 142 Å². The maximum absolute atomic E-state index is 5.70. The highest BCUT2D eigenvalue weighted by atomic mass is 32.2. The predicted molar refractivity (Wildman–Crippen MR) is 100 cm³/mol. The molecule has 0 radical (unpaired) electrons. The number of nitrogens with zero attached hydrogens (tertiary/aromatic N) is 1. The smallest absolute Gasteiger partial charge is 0.137 e. The number of thioether (sulfide) groups is 1. The van der Waals surface area contributed by atoms with Crippen LogP contribution in [0, 0.1) is 0 Å². The Morgan fingerprint density at radius 3 is 2.14 bits per heavy atom. The van der Waals surface area contributed by atoms with Crippen molar-refractivity contribution in [3.05, 3.63) is 71.8 Å². The number of hydrogen-bond acceptors (Lipinski definition) is 2. The third-order valence-corrected chi connectivity index (χ3v) is 5.85. The second-order valence-electron chi connectivity index (χ2n) is 5.62. The van der Waals surface area contributed by atoms with Crippen molar-refractivity contribution in [2.45, 2.75) is 31.1 Å². The van der Waals surface area contributed by atoms with Crippen molar-refractivity contribution in [1.82, 2.24) is 4.90 Å². The van der Waals surface area contributed by atoms with Crippen molar-refractivity contribution in [3.8, 4) is 0 Å². The zero-order valence-electron chi connectivity index (χ0n) is 12.8. The van der Waals surface area contributed by atoms with Gasteiger partial charge in [0.2, 0.25) is 0 Å². The van der Waals surface area contributed by atoms with Gasteiger partial charge in [-0.25, -0.2) is 0 Å². The molecule has 2 atom stereocenters. The van der Waals surface area contributed by atoms with E-state index in [0.29, 0.717) is 11.3 Å². The quantitative estimate of drug-likeness (QED) is 0.658. The lowest BCUT2D eigenvalue weighted by atomic mass is 9.97. The summed E-state index contributed by atoms with van der Waals surface area (Å²) in [6.45, 7) is 3.28. The predicted octanol–water partition coefficient (Wildman–Crippen LogP) is 5.60. The third kappa shape index (κ3) is 3.21. The van der Waals surface area contributed by atoms with Crippen molar-refractivity contribution in [3.63, 3.8) is 0 Å². The van der Waals surface area contributed by atoms with Crippen LogP contribution < -0.4 is 0 Å². The van der Waals surface area contributed by atoms with Gasteiger partial charge in [0.1, 0.15) is 4.32 Å². The molecule has 0 aliphatic carbocycles. The van der Waals surface area contributed by atoms with Crippen LogP contribution in [0.15, 0.2) is 60.7 Å². The number of unbranched alkanes of at least 4 members (excludes halogenated alkanes) is 1. The lowest BCUT2D eigenvalue weighted by Gasteiger charge is -2.29. The summed E-state index contributed by atoms with van der Waals surface area (Å²) in [6, 6.07) is 21.9. The second-order valence-corrected chi connectivity index (χ2v) is 7.39. The fourth-order valence-corrected chi connectivity index (χ4v) is 4.77. The molecule has 1 saturated heterocycles. The van der Waals surface area contributed by atoms with E-state index in [-0.39, 0.29) is 0 Å². The van der Waals surface area contributed by atoms with E-state index in [0.717, 1.165) is 10.9 Å². The minimum absolute atomic E-state index is 0.340. The lowest BCUT2D eigenvalue weighted by Crippen LogP contribution is -2.28.